The zero-order valence-electron chi connectivity index (χ0n) is 25.2. The highest BCUT2D eigenvalue weighted by atomic mass is 19.4. The Kier molecular flexibility index (Phi) is 8.26. The number of aliphatic carboxylic acids is 1. The molecule has 0 unspecified atom stereocenters. The number of aromatic carboxylic acids is 1. The van der Waals surface area contributed by atoms with Crippen LogP contribution in [0.1, 0.15) is 47.0 Å². The highest BCUT2D eigenvalue weighted by Gasteiger charge is 2.46. The van der Waals surface area contributed by atoms with Gasteiger partial charge in [-0.2, -0.15) is 28.2 Å². The maximum atomic E-state index is 14.8. The highest BCUT2D eigenvalue weighted by Crippen LogP contribution is 2.42. The molecule has 0 radical (unpaired) electrons. The number of rotatable bonds is 8. The maximum Gasteiger partial charge on any atom is 0.429 e. The van der Waals surface area contributed by atoms with Crippen LogP contribution in [0.5, 0.6) is 5.88 Å². The Morgan fingerprint density at radius 2 is 1.74 bits per heavy atom. The molecule has 2 aliphatic heterocycles. The van der Waals surface area contributed by atoms with Crippen molar-refractivity contribution in [3.05, 3.63) is 77.6 Å². The van der Waals surface area contributed by atoms with Crippen molar-refractivity contribution < 1.29 is 37.7 Å². The summed E-state index contributed by atoms with van der Waals surface area (Å²) in [6, 6.07) is 12.7. The number of anilines is 2. The van der Waals surface area contributed by atoms with E-state index in [-0.39, 0.29) is 34.1 Å². The molecule has 0 saturated carbocycles. The average molecular weight is 652 g/mol. The van der Waals surface area contributed by atoms with Crippen LogP contribution in [0.4, 0.5) is 24.9 Å². The van der Waals surface area contributed by atoms with Crippen molar-refractivity contribution >= 4 is 23.7 Å². The normalized spacial score (nSPS) is 18.3. The molecule has 2 atom stereocenters. The molecular formula is C32H32F3N7O5. The molecule has 246 valence electrons. The van der Waals surface area contributed by atoms with Crippen LogP contribution in [0.25, 0.3) is 16.8 Å². The molecule has 2 fully saturated rings. The minimum Gasteiger partial charge on any atom is -0.480 e. The monoisotopic (exact) mass is 651 g/mol. The minimum atomic E-state index is -4.88. The molecule has 4 heterocycles. The van der Waals surface area contributed by atoms with Crippen molar-refractivity contribution in [1.29, 1.82) is 0 Å². The highest BCUT2D eigenvalue weighted by molar-refractivity contribution is 5.88. The zero-order chi connectivity index (χ0) is 33.5. The SMILES string of the molecule is Cc1ccn(-c2cc(-c3ccc(C(=O)O)cc3)ccc2[C@@H](Oc2cc(N3CCC4(CC3)CN[C@H](C(=O)O)C4)nc(N)n2)C(F)(F)F)n1. The van der Waals surface area contributed by atoms with Gasteiger partial charge in [-0.3, -0.25) is 4.79 Å². The van der Waals surface area contributed by atoms with Crippen molar-refractivity contribution in [3.8, 4) is 22.7 Å². The number of piperidine rings is 1. The van der Waals surface area contributed by atoms with Crippen LogP contribution >= 0.6 is 0 Å². The molecule has 0 bridgehead atoms. The second-order valence-corrected chi connectivity index (χ2v) is 12.0. The lowest BCUT2D eigenvalue weighted by Crippen LogP contribution is -2.41. The number of aryl methyl sites for hydroxylation is 1. The maximum absolute atomic E-state index is 14.8. The largest absolute Gasteiger partial charge is 0.480 e. The first-order valence-corrected chi connectivity index (χ1v) is 14.9. The summed E-state index contributed by atoms with van der Waals surface area (Å²) in [4.78, 5) is 32.9. The quantitative estimate of drug-likeness (QED) is 0.210. The third kappa shape index (κ3) is 6.70. The number of halogens is 3. The topological polar surface area (TPSA) is 169 Å². The summed E-state index contributed by atoms with van der Waals surface area (Å²) in [7, 11) is 0. The Balaban J connectivity index is 1.30. The zero-order valence-corrected chi connectivity index (χ0v) is 25.2. The van der Waals surface area contributed by atoms with Crippen LogP contribution in [0, 0.1) is 12.3 Å². The molecule has 6 rings (SSSR count). The minimum absolute atomic E-state index is 0.0775. The number of carboxylic acids is 2. The van der Waals surface area contributed by atoms with Gasteiger partial charge >= 0.3 is 18.1 Å². The molecule has 0 aliphatic carbocycles. The van der Waals surface area contributed by atoms with Gasteiger partial charge in [-0.25, -0.2) is 9.48 Å². The summed E-state index contributed by atoms with van der Waals surface area (Å²) < 4.78 is 51.4. The molecular weight excluding hydrogens is 619 g/mol. The van der Waals surface area contributed by atoms with E-state index in [1.165, 1.54) is 41.1 Å². The molecule has 0 amide bonds. The van der Waals surface area contributed by atoms with Crippen molar-refractivity contribution in [2.24, 2.45) is 5.41 Å². The lowest BCUT2D eigenvalue weighted by Gasteiger charge is -2.39. The number of ether oxygens (including phenoxy) is 1. The lowest BCUT2D eigenvalue weighted by molar-refractivity contribution is -0.198. The van der Waals surface area contributed by atoms with Gasteiger partial charge in [-0.1, -0.05) is 24.3 Å². The smallest absolute Gasteiger partial charge is 0.429 e. The Morgan fingerprint density at radius 3 is 2.34 bits per heavy atom. The van der Waals surface area contributed by atoms with E-state index in [1.54, 1.807) is 31.3 Å². The summed E-state index contributed by atoms with van der Waals surface area (Å²) >= 11 is 0. The summed E-state index contributed by atoms with van der Waals surface area (Å²) in [5.74, 6) is -2.28. The predicted octanol–water partition coefficient (Wildman–Crippen LogP) is 4.63. The van der Waals surface area contributed by atoms with E-state index in [0.29, 0.717) is 61.5 Å². The van der Waals surface area contributed by atoms with Crippen LogP contribution < -0.4 is 20.7 Å². The number of carboxylic acid groups (broad SMARTS) is 2. The first-order chi connectivity index (χ1) is 22.3. The number of nitrogens with one attached hydrogen (secondary N) is 1. The van der Waals surface area contributed by atoms with Gasteiger partial charge in [0.15, 0.2) is 0 Å². The summed E-state index contributed by atoms with van der Waals surface area (Å²) in [6.07, 6.45) is -3.94. The Bertz CT molecular complexity index is 1800. The molecule has 5 N–H and O–H groups in total. The van der Waals surface area contributed by atoms with Crippen molar-refractivity contribution in [3.63, 3.8) is 0 Å². The molecule has 15 heteroatoms. The summed E-state index contributed by atoms with van der Waals surface area (Å²) in [6.45, 7) is 3.30. The average Bonchev–Trinajstić information content (AvgIpc) is 3.66. The van der Waals surface area contributed by atoms with Crippen LogP contribution in [0.2, 0.25) is 0 Å². The number of benzene rings is 2. The van der Waals surface area contributed by atoms with E-state index < -0.39 is 30.3 Å². The standard InChI is InChI=1S/C32H32F3N7O5/c1-18-8-11-42(40-18)24-14-21(19-2-4-20(5-3-19)28(43)44)6-7-22(24)27(32(33,34)35)47-26-15-25(38-30(36)39-26)41-12-9-31(10-13-41)16-23(29(45)46)37-17-31/h2-8,11,14-15,23,27,37H,9-10,12-13,16-17H2,1H3,(H,43,44)(H,45,46)(H2,36,38,39)/t23-,27+/m0/s1. The summed E-state index contributed by atoms with van der Waals surface area (Å²) in [5, 5.41) is 26.0. The van der Waals surface area contributed by atoms with Gasteiger partial charge in [0.05, 0.1) is 16.9 Å². The fourth-order valence-corrected chi connectivity index (χ4v) is 6.26. The Labute approximate surface area is 267 Å². The van der Waals surface area contributed by atoms with E-state index in [9.17, 15) is 33.0 Å². The predicted molar refractivity (Wildman–Crippen MR) is 164 cm³/mol. The first-order valence-electron chi connectivity index (χ1n) is 14.9. The second-order valence-electron chi connectivity index (χ2n) is 12.0. The fraction of sp³-hybridized carbons (Fsp3) is 0.344. The number of carbonyl (C=O) groups is 2. The molecule has 4 aromatic rings. The number of nitrogen functional groups attached to an aromatic ring is 1. The van der Waals surface area contributed by atoms with E-state index >= 15 is 0 Å². The third-order valence-electron chi connectivity index (χ3n) is 8.80. The molecule has 47 heavy (non-hydrogen) atoms. The van der Waals surface area contributed by atoms with E-state index in [4.69, 9.17) is 10.5 Å². The van der Waals surface area contributed by atoms with Crippen molar-refractivity contribution in [1.82, 2.24) is 25.1 Å². The van der Waals surface area contributed by atoms with E-state index in [0.717, 1.165) is 0 Å². The number of alkyl halides is 3. The molecule has 2 aliphatic rings. The van der Waals surface area contributed by atoms with Gasteiger partial charge in [0.1, 0.15) is 11.9 Å². The third-order valence-corrected chi connectivity index (χ3v) is 8.80. The number of hydrogen-bond donors (Lipinski definition) is 4. The second kappa shape index (κ2) is 12.2. The number of nitrogens with two attached hydrogens (primary N) is 1. The van der Waals surface area contributed by atoms with Crippen LogP contribution in [0.15, 0.2) is 60.8 Å². The number of nitrogens with zero attached hydrogens (tertiary/aromatic N) is 5. The van der Waals surface area contributed by atoms with Crippen LogP contribution in [0.3, 0.4) is 0 Å². The van der Waals surface area contributed by atoms with Gasteiger partial charge in [0.25, 0.3) is 0 Å². The van der Waals surface area contributed by atoms with Crippen molar-refractivity contribution in [2.75, 3.05) is 30.3 Å². The first kappa shape index (κ1) is 31.8. The molecule has 2 aromatic heterocycles. The fourth-order valence-electron chi connectivity index (χ4n) is 6.26. The van der Waals surface area contributed by atoms with Gasteiger partial charge in [-0.15, -0.1) is 0 Å². The van der Waals surface area contributed by atoms with Crippen LogP contribution in [-0.2, 0) is 4.79 Å². The summed E-state index contributed by atoms with van der Waals surface area (Å²) in [5.41, 5.74) is 7.45. The molecule has 1 spiro atoms. The molecule has 2 aromatic carbocycles. The number of hydrogen-bond acceptors (Lipinski definition) is 9. The van der Waals surface area contributed by atoms with Crippen LogP contribution in [-0.4, -0.2) is 73.8 Å². The number of aromatic nitrogens is 4. The Morgan fingerprint density at radius 1 is 1.04 bits per heavy atom. The van der Waals surface area contributed by atoms with Gasteiger partial charge < -0.3 is 30.9 Å². The van der Waals surface area contributed by atoms with Gasteiger partial charge in [0, 0.05) is 37.5 Å². The van der Waals surface area contributed by atoms with Gasteiger partial charge in [0.2, 0.25) is 17.9 Å². The lowest BCUT2D eigenvalue weighted by atomic mass is 9.76. The van der Waals surface area contributed by atoms with Gasteiger partial charge in [-0.05, 0) is 67.0 Å². The molecule has 2 saturated heterocycles. The Hall–Kier alpha value is -5.18. The van der Waals surface area contributed by atoms with E-state index in [2.05, 4.69) is 20.4 Å². The molecule has 12 nitrogen and oxygen atoms in total. The van der Waals surface area contributed by atoms with Crippen molar-refractivity contribution in [2.45, 2.75) is 44.5 Å². The van der Waals surface area contributed by atoms with E-state index in [1.807, 2.05) is 4.90 Å².